The third-order valence-electron chi connectivity index (χ3n) is 0.906. The summed E-state index contributed by atoms with van der Waals surface area (Å²) < 4.78 is 4.69. The number of aliphatic hydroxyl groups excluding tert-OH is 1. The molecule has 0 rings (SSSR count). The summed E-state index contributed by atoms with van der Waals surface area (Å²) in [7, 11) is 1.47. The molecule has 0 aromatic carbocycles. The first-order valence-corrected chi connectivity index (χ1v) is 2.77. The van der Waals surface area contributed by atoms with Crippen LogP contribution in [0.3, 0.4) is 0 Å². The van der Waals surface area contributed by atoms with Gasteiger partial charge in [0.15, 0.2) is 5.78 Å². The molecule has 1 N–H and O–H groups in total. The minimum absolute atomic E-state index is 0.290. The number of hydrogen-bond acceptors (Lipinski definition) is 3. The highest BCUT2D eigenvalue weighted by Gasteiger charge is 1.91. The summed E-state index contributed by atoms with van der Waals surface area (Å²) in [6, 6.07) is 0. The van der Waals surface area contributed by atoms with Crippen LogP contribution in [-0.2, 0) is 9.53 Å². The zero-order valence-corrected chi connectivity index (χ0v) is 6.00. The predicted octanol–water partition coefficient (Wildman–Crippen LogP) is 1.18. The molecule has 0 bridgehead atoms. The van der Waals surface area contributed by atoms with Gasteiger partial charge in [-0.2, -0.15) is 0 Å². The van der Waals surface area contributed by atoms with Crippen LogP contribution in [0.1, 0.15) is 6.92 Å². The Hall–Kier alpha value is -1.25. The molecule has 0 unspecified atom stereocenters. The van der Waals surface area contributed by atoms with Crippen molar-refractivity contribution in [2.45, 2.75) is 6.92 Å². The van der Waals surface area contributed by atoms with E-state index in [0.717, 1.165) is 6.08 Å². The Morgan fingerprint density at radius 1 is 1.60 bits per heavy atom. The Labute approximate surface area is 59.6 Å². The van der Waals surface area contributed by atoms with Crippen molar-refractivity contribution in [1.29, 1.82) is 0 Å². The van der Waals surface area contributed by atoms with Gasteiger partial charge in [0.2, 0.25) is 0 Å². The van der Waals surface area contributed by atoms with E-state index in [0.29, 0.717) is 12.0 Å². The van der Waals surface area contributed by atoms with Crippen molar-refractivity contribution in [3.63, 3.8) is 0 Å². The molecule has 0 atom stereocenters. The molecule has 3 nitrogen and oxygen atoms in total. The number of ketones is 1. The van der Waals surface area contributed by atoms with E-state index in [1.807, 2.05) is 0 Å². The smallest absolute Gasteiger partial charge is 0.185 e. The number of aliphatic hydroxyl groups is 1. The average Bonchev–Trinajstić information content (AvgIpc) is 1.88. The van der Waals surface area contributed by atoms with Crippen LogP contribution in [0.5, 0.6) is 0 Å². The maximum atomic E-state index is 10.6. The van der Waals surface area contributed by atoms with Gasteiger partial charge in [0, 0.05) is 12.2 Å². The summed E-state index contributed by atoms with van der Waals surface area (Å²) in [6.07, 6.45) is 3.02. The van der Waals surface area contributed by atoms with Crippen LogP contribution in [0.4, 0.5) is 0 Å². The van der Waals surface area contributed by atoms with Crippen molar-refractivity contribution in [3.05, 3.63) is 24.2 Å². The Morgan fingerprint density at radius 2 is 2.20 bits per heavy atom. The average molecular weight is 142 g/mol. The number of hydrogen-bond donors (Lipinski definition) is 1. The Kier molecular flexibility index (Phi) is 4.04. The van der Waals surface area contributed by atoms with Gasteiger partial charge in [0.05, 0.1) is 19.1 Å². The SMILES string of the molecule is CO/C(C)=C\C(=O)/C=C/O. The molecule has 0 heterocycles. The zero-order valence-electron chi connectivity index (χ0n) is 6.00. The summed E-state index contributed by atoms with van der Waals surface area (Å²) in [4.78, 5) is 10.6. The molecule has 0 saturated heterocycles. The van der Waals surface area contributed by atoms with Crippen LogP contribution in [0.2, 0.25) is 0 Å². The summed E-state index contributed by atoms with van der Waals surface area (Å²) in [5.41, 5.74) is 0. The second-order valence-electron chi connectivity index (χ2n) is 1.68. The minimum Gasteiger partial charge on any atom is -0.515 e. The fourth-order valence-electron chi connectivity index (χ4n) is 0.381. The largest absolute Gasteiger partial charge is 0.515 e. The maximum Gasteiger partial charge on any atom is 0.185 e. The molecule has 56 valence electrons. The fraction of sp³-hybridized carbons (Fsp3) is 0.286. The lowest BCUT2D eigenvalue weighted by Crippen LogP contribution is -1.89. The van der Waals surface area contributed by atoms with E-state index in [1.165, 1.54) is 13.2 Å². The molecule has 0 aromatic rings. The van der Waals surface area contributed by atoms with Gasteiger partial charge in [-0.3, -0.25) is 4.79 Å². The van der Waals surface area contributed by atoms with Crippen LogP contribution >= 0.6 is 0 Å². The van der Waals surface area contributed by atoms with E-state index in [4.69, 9.17) is 9.84 Å². The highest BCUT2D eigenvalue weighted by molar-refractivity contribution is 5.99. The molecule has 0 aliphatic carbocycles. The molecule has 0 spiro atoms. The third kappa shape index (κ3) is 3.72. The van der Waals surface area contributed by atoms with Crippen molar-refractivity contribution >= 4 is 5.78 Å². The van der Waals surface area contributed by atoms with Crippen molar-refractivity contribution in [1.82, 2.24) is 0 Å². The van der Waals surface area contributed by atoms with E-state index in [9.17, 15) is 4.79 Å². The van der Waals surface area contributed by atoms with E-state index < -0.39 is 0 Å². The fourth-order valence-corrected chi connectivity index (χ4v) is 0.381. The highest BCUT2D eigenvalue weighted by atomic mass is 16.5. The number of allylic oxidation sites excluding steroid dienone is 3. The van der Waals surface area contributed by atoms with Gasteiger partial charge in [-0.25, -0.2) is 0 Å². The first kappa shape index (κ1) is 8.75. The molecular formula is C7H10O3. The molecular weight excluding hydrogens is 132 g/mol. The van der Waals surface area contributed by atoms with E-state index in [2.05, 4.69) is 0 Å². The first-order valence-electron chi connectivity index (χ1n) is 2.77. The van der Waals surface area contributed by atoms with Crippen molar-refractivity contribution in [3.8, 4) is 0 Å². The van der Waals surface area contributed by atoms with Gasteiger partial charge >= 0.3 is 0 Å². The molecule has 3 heteroatoms. The van der Waals surface area contributed by atoms with Gasteiger partial charge in [-0.15, -0.1) is 0 Å². The minimum atomic E-state index is -0.290. The molecule has 0 aromatic heterocycles. The molecule has 0 amide bonds. The second-order valence-corrected chi connectivity index (χ2v) is 1.68. The van der Waals surface area contributed by atoms with Gasteiger partial charge in [-0.05, 0) is 6.92 Å². The monoisotopic (exact) mass is 142 g/mol. The highest BCUT2D eigenvalue weighted by Crippen LogP contribution is 1.92. The molecule has 0 fully saturated rings. The number of rotatable bonds is 3. The van der Waals surface area contributed by atoms with Crippen molar-refractivity contribution in [2.24, 2.45) is 0 Å². The zero-order chi connectivity index (χ0) is 7.98. The number of carbonyl (C=O) groups is 1. The first-order chi connectivity index (χ1) is 4.70. The van der Waals surface area contributed by atoms with Gasteiger partial charge in [0.1, 0.15) is 0 Å². The summed E-state index contributed by atoms with van der Waals surface area (Å²) in [5, 5.41) is 8.15. The molecule has 0 radical (unpaired) electrons. The van der Waals surface area contributed by atoms with Crippen LogP contribution in [0, 0.1) is 0 Å². The Balaban J connectivity index is 4.00. The number of methoxy groups -OCH3 is 1. The van der Waals surface area contributed by atoms with Gasteiger partial charge in [0.25, 0.3) is 0 Å². The van der Waals surface area contributed by atoms with E-state index in [1.54, 1.807) is 6.92 Å². The molecule has 10 heavy (non-hydrogen) atoms. The Morgan fingerprint density at radius 3 is 2.60 bits per heavy atom. The molecule has 0 aliphatic rings. The van der Waals surface area contributed by atoms with Crippen LogP contribution in [0.15, 0.2) is 24.2 Å². The number of ether oxygens (including phenoxy) is 1. The quantitative estimate of drug-likeness (QED) is 0.475. The topological polar surface area (TPSA) is 46.5 Å². The summed E-state index contributed by atoms with van der Waals surface area (Å²) >= 11 is 0. The van der Waals surface area contributed by atoms with E-state index in [-0.39, 0.29) is 5.78 Å². The maximum absolute atomic E-state index is 10.6. The molecule has 0 aliphatic heterocycles. The predicted molar refractivity (Wildman–Crippen MR) is 37.5 cm³/mol. The number of carbonyl (C=O) groups excluding carboxylic acids is 1. The van der Waals surface area contributed by atoms with Crippen molar-refractivity contribution in [2.75, 3.05) is 7.11 Å². The third-order valence-corrected chi connectivity index (χ3v) is 0.906. The van der Waals surface area contributed by atoms with Crippen molar-refractivity contribution < 1.29 is 14.6 Å². The molecule has 0 saturated carbocycles. The van der Waals surface area contributed by atoms with E-state index >= 15 is 0 Å². The lowest BCUT2D eigenvalue weighted by molar-refractivity contribution is -0.110. The summed E-state index contributed by atoms with van der Waals surface area (Å²) in [6.45, 7) is 1.66. The van der Waals surface area contributed by atoms with Crippen LogP contribution in [0.25, 0.3) is 0 Å². The van der Waals surface area contributed by atoms with Gasteiger partial charge < -0.3 is 9.84 Å². The Bertz CT molecular complexity index is 168. The lowest BCUT2D eigenvalue weighted by atomic mass is 10.3. The second kappa shape index (κ2) is 4.61. The van der Waals surface area contributed by atoms with Gasteiger partial charge in [-0.1, -0.05) is 0 Å². The standard InChI is InChI=1S/C7H10O3/c1-6(10-2)5-7(9)3-4-8/h3-5,8H,1-2H3/b4-3+,6-5-. The summed E-state index contributed by atoms with van der Waals surface area (Å²) in [5.74, 6) is 0.227. The van der Waals surface area contributed by atoms with Crippen LogP contribution in [-0.4, -0.2) is 18.0 Å². The normalized spacial score (nSPS) is 12.0. The lowest BCUT2D eigenvalue weighted by Gasteiger charge is -1.94. The van der Waals surface area contributed by atoms with Crippen LogP contribution < -0.4 is 0 Å².